The molecule has 0 fully saturated rings. The Morgan fingerprint density at radius 3 is 2.75 bits per heavy atom. The van der Waals surface area contributed by atoms with Crippen molar-refractivity contribution in [2.24, 2.45) is 16.1 Å². The van der Waals surface area contributed by atoms with Gasteiger partial charge < -0.3 is 25.8 Å². The fourth-order valence-corrected chi connectivity index (χ4v) is 3.17. The van der Waals surface area contributed by atoms with Gasteiger partial charge in [-0.15, -0.1) is 11.8 Å². The lowest BCUT2D eigenvalue weighted by atomic mass is 9.94. The molecule has 0 unspecified atom stereocenters. The molecule has 0 aromatic heterocycles. The van der Waals surface area contributed by atoms with E-state index in [1.807, 2.05) is 30.3 Å². The van der Waals surface area contributed by atoms with Gasteiger partial charge in [0.2, 0.25) is 6.79 Å². The van der Waals surface area contributed by atoms with Gasteiger partial charge in [0.1, 0.15) is 0 Å². The third-order valence-corrected chi connectivity index (χ3v) is 5.30. The Balaban J connectivity index is 1.77. The van der Waals surface area contributed by atoms with Crippen molar-refractivity contribution in [3.63, 3.8) is 0 Å². The molecule has 28 heavy (non-hydrogen) atoms. The molecule has 0 aliphatic carbocycles. The second kappa shape index (κ2) is 9.21. The molecule has 0 radical (unpaired) electrons. The number of nitrogens with zero attached hydrogens (tertiary/aromatic N) is 1. The van der Waals surface area contributed by atoms with E-state index in [0.29, 0.717) is 13.1 Å². The molecule has 3 rings (SSSR count). The lowest BCUT2D eigenvalue weighted by Gasteiger charge is -2.24. The fourth-order valence-electron chi connectivity index (χ4n) is 2.62. The summed E-state index contributed by atoms with van der Waals surface area (Å²) in [5.41, 5.74) is 7.93. The second-order valence-corrected chi connectivity index (χ2v) is 8.25. The van der Waals surface area contributed by atoms with Crippen molar-refractivity contribution in [1.82, 2.24) is 5.32 Å². The minimum atomic E-state index is -0.0276. The molecular formula is C21H28N4O2S. The van der Waals surface area contributed by atoms with E-state index in [2.05, 4.69) is 42.9 Å². The first kappa shape index (κ1) is 20.4. The first-order valence-electron chi connectivity index (χ1n) is 9.28. The average molecular weight is 401 g/mol. The van der Waals surface area contributed by atoms with Gasteiger partial charge in [0, 0.05) is 11.4 Å². The third-order valence-electron chi connectivity index (χ3n) is 4.50. The maximum atomic E-state index is 5.88. The summed E-state index contributed by atoms with van der Waals surface area (Å²) in [5, 5.41) is 6.87. The molecule has 2 aromatic carbocycles. The number of anilines is 1. The monoisotopic (exact) mass is 400 g/mol. The fraction of sp³-hybridized carbons (Fsp3) is 0.381. The predicted octanol–water partition coefficient (Wildman–Crippen LogP) is 3.68. The standard InChI is InChI=1S/C21H28N4O2S/c1-21(2,12-22)13-24-20(25-16-6-4-5-7-19(16)28-3)23-11-15-8-9-17-18(10-15)27-14-26-17/h4-10H,11-14,22H2,1-3H3,(H2,23,24,25). The van der Waals surface area contributed by atoms with E-state index in [-0.39, 0.29) is 12.2 Å². The van der Waals surface area contributed by atoms with Crippen LogP contribution in [0, 0.1) is 5.41 Å². The van der Waals surface area contributed by atoms with Crippen molar-refractivity contribution in [2.45, 2.75) is 25.3 Å². The molecule has 0 saturated heterocycles. The van der Waals surface area contributed by atoms with E-state index in [1.165, 1.54) is 0 Å². The molecule has 4 N–H and O–H groups in total. The maximum absolute atomic E-state index is 5.88. The highest BCUT2D eigenvalue weighted by atomic mass is 32.2. The topological polar surface area (TPSA) is 80.9 Å². The molecule has 7 heteroatoms. The summed E-state index contributed by atoms with van der Waals surface area (Å²) in [6.45, 7) is 6.37. The molecule has 0 amide bonds. The molecule has 0 saturated carbocycles. The first-order chi connectivity index (χ1) is 13.5. The summed E-state index contributed by atoms with van der Waals surface area (Å²) in [6, 6.07) is 14.1. The van der Waals surface area contributed by atoms with E-state index in [9.17, 15) is 0 Å². The number of rotatable bonds is 7. The van der Waals surface area contributed by atoms with Crippen LogP contribution in [0.2, 0.25) is 0 Å². The maximum Gasteiger partial charge on any atom is 0.231 e. The summed E-state index contributed by atoms with van der Waals surface area (Å²) >= 11 is 1.70. The van der Waals surface area contributed by atoms with Crippen molar-refractivity contribution in [3.8, 4) is 11.5 Å². The van der Waals surface area contributed by atoms with Gasteiger partial charge >= 0.3 is 0 Å². The van der Waals surface area contributed by atoms with Crippen LogP contribution in [0.3, 0.4) is 0 Å². The highest BCUT2D eigenvalue weighted by Crippen LogP contribution is 2.32. The largest absolute Gasteiger partial charge is 0.454 e. The number of hydrogen-bond donors (Lipinski definition) is 3. The molecule has 1 aliphatic rings. The summed E-state index contributed by atoms with van der Waals surface area (Å²) in [7, 11) is 0. The Kier molecular flexibility index (Phi) is 6.70. The number of hydrogen-bond acceptors (Lipinski definition) is 5. The minimum Gasteiger partial charge on any atom is -0.454 e. The molecule has 1 aliphatic heterocycles. The van der Waals surface area contributed by atoms with E-state index in [0.717, 1.165) is 40.1 Å². The number of ether oxygens (including phenoxy) is 2. The van der Waals surface area contributed by atoms with Crippen molar-refractivity contribution >= 4 is 23.4 Å². The van der Waals surface area contributed by atoms with Crippen molar-refractivity contribution < 1.29 is 9.47 Å². The number of guanidine groups is 1. The molecule has 0 atom stereocenters. The zero-order valence-electron chi connectivity index (χ0n) is 16.6. The van der Waals surface area contributed by atoms with Crippen LogP contribution in [0.5, 0.6) is 11.5 Å². The van der Waals surface area contributed by atoms with Crippen molar-refractivity contribution in [2.75, 3.05) is 31.5 Å². The highest BCUT2D eigenvalue weighted by molar-refractivity contribution is 7.98. The van der Waals surface area contributed by atoms with Gasteiger partial charge in [-0.3, -0.25) is 0 Å². The number of aliphatic imine (C=N–C) groups is 1. The molecule has 0 spiro atoms. The first-order valence-corrected chi connectivity index (χ1v) is 10.5. The number of para-hydroxylation sites is 1. The van der Waals surface area contributed by atoms with Gasteiger partial charge in [-0.05, 0) is 48.0 Å². The third kappa shape index (κ3) is 5.33. The van der Waals surface area contributed by atoms with Crippen molar-refractivity contribution in [3.05, 3.63) is 48.0 Å². The number of thioether (sulfide) groups is 1. The number of nitrogens with one attached hydrogen (secondary N) is 2. The van der Waals surface area contributed by atoms with Crippen LogP contribution in [0.1, 0.15) is 19.4 Å². The molecule has 2 aromatic rings. The van der Waals surface area contributed by atoms with Gasteiger partial charge in [0.25, 0.3) is 0 Å². The van der Waals surface area contributed by atoms with Crippen LogP contribution in [-0.2, 0) is 6.54 Å². The van der Waals surface area contributed by atoms with Crippen molar-refractivity contribution in [1.29, 1.82) is 0 Å². The van der Waals surface area contributed by atoms with E-state index >= 15 is 0 Å². The number of fused-ring (bicyclic) bond motifs is 1. The van der Waals surface area contributed by atoms with Crippen LogP contribution in [-0.4, -0.2) is 32.1 Å². The van der Waals surface area contributed by atoms with Crippen LogP contribution in [0.4, 0.5) is 5.69 Å². The Labute approximate surface area is 170 Å². The normalized spacial score (nSPS) is 13.5. The van der Waals surface area contributed by atoms with E-state index in [1.54, 1.807) is 11.8 Å². The zero-order chi connectivity index (χ0) is 20.0. The van der Waals surface area contributed by atoms with Gasteiger partial charge in [0.05, 0.1) is 12.2 Å². The number of benzene rings is 2. The summed E-state index contributed by atoms with van der Waals surface area (Å²) < 4.78 is 10.8. The Hall–Kier alpha value is -2.38. The highest BCUT2D eigenvalue weighted by Gasteiger charge is 2.17. The smallest absolute Gasteiger partial charge is 0.231 e. The van der Waals surface area contributed by atoms with Gasteiger partial charge in [-0.25, -0.2) is 4.99 Å². The quantitative estimate of drug-likeness (QED) is 0.374. The Bertz CT molecular complexity index is 839. The summed E-state index contributed by atoms with van der Waals surface area (Å²) in [4.78, 5) is 5.94. The summed E-state index contributed by atoms with van der Waals surface area (Å²) in [5.74, 6) is 2.27. The van der Waals surface area contributed by atoms with Crippen LogP contribution in [0.15, 0.2) is 52.4 Å². The van der Waals surface area contributed by atoms with Gasteiger partial charge in [0.15, 0.2) is 17.5 Å². The van der Waals surface area contributed by atoms with Crippen LogP contribution in [0.25, 0.3) is 0 Å². The molecule has 1 heterocycles. The molecule has 0 bridgehead atoms. The Morgan fingerprint density at radius 2 is 1.96 bits per heavy atom. The SMILES string of the molecule is CSc1ccccc1NC(=NCc1ccc2c(c1)OCO2)NCC(C)(C)CN. The minimum absolute atomic E-state index is 0.0276. The lowest BCUT2D eigenvalue weighted by molar-refractivity contribution is 0.174. The Morgan fingerprint density at radius 1 is 1.18 bits per heavy atom. The predicted molar refractivity (Wildman–Crippen MR) is 116 cm³/mol. The molecular weight excluding hydrogens is 372 g/mol. The zero-order valence-corrected chi connectivity index (χ0v) is 17.4. The molecule has 150 valence electrons. The summed E-state index contributed by atoms with van der Waals surface area (Å²) in [6.07, 6.45) is 2.06. The molecule has 6 nitrogen and oxygen atoms in total. The second-order valence-electron chi connectivity index (χ2n) is 7.40. The van der Waals surface area contributed by atoms with Crippen LogP contribution < -0.4 is 25.8 Å². The van der Waals surface area contributed by atoms with E-state index < -0.39 is 0 Å². The van der Waals surface area contributed by atoms with Crippen LogP contribution >= 0.6 is 11.8 Å². The van der Waals surface area contributed by atoms with Gasteiger partial charge in [-0.1, -0.05) is 32.0 Å². The lowest BCUT2D eigenvalue weighted by Crippen LogP contribution is -2.41. The number of nitrogens with two attached hydrogens (primary N) is 1. The van der Waals surface area contributed by atoms with Gasteiger partial charge in [-0.2, -0.15) is 0 Å². The average Bonchev–Trinajstić information content (AvgIpc) is 3.18. The van der Waals surface area contributed by atoms with E-state index in [4.69, 9.17) is 20.2 Å².